The van der Waals surface area contributed by atoms with E-state index in [2.05, 4.69) is 39.5 Å². The second kappa shape index (κ2) is 8.24. The van der Waals surface area contributed by atoms with Gasteiger partial charge < -0.3 is 16.2 Å². The first-order valence-corrected chi connectivity index (χ1v) is 11.6. The Morgan fingerprint density at radius 3 is 2.48 bits per heavy atom. The number of nitrogens with two attached hydrogens (primary N) is 1. The lowest BCUT2D eigenvalue weighted by molar-refractivity contribution is -0.0645. The Kier molecular flexibility index (Phi) is 5.44. The molecule has 1 aromatic heterocycles. The Morgan fingerprint density at radius 2 is 1.84 bits per heavy atom. The van der Waals surface area contributed by atoms with E-state index in [0.29, 0.717) is 11.0 Å². The summed E-state index contributed by atoms with van der Waals surface area (Å²) in [4.78, 5) is 19.6. The second-order valence-electron chi connectivity index (χ2n) is 9.83. The van der Waals surface area contributed by atoms with Crippen LogP contribution in [0, 0.1) is 5.41 Å². The molecule has 0 radical (unpaired) electrons. The van der Waals surface area contributed by atoms with E-state index in [1.165, 1.54) is 37.9 Å². The minimum absolute atomic E-state index is 0.0822. The van der Waals surface area contributed by atoms with Crippen LogP contribution in [0.4, 0.5) is 5.82 Å². The molecule has 0 unspecified atom stereocenters. The van der Waals surface area contributed by atoms with Crippen LogP contribution in [-0.4, -0.2) is 46.1 Å². The van der Waals surface area contributed by atoms with Gasteiger partial charge in [-0.15, -0.1) is 0 Å². The summed E-state index contributed by atoms with van der Waals surface area (Å²) in [7, 11) is 0. The van der Waals surface area contributed by atoms with E-state index >= 15 is 0 Å². The van der Waals surface area contributed by atoms with Crippen LogP contribution in [0.1, 0.15) is 60.9 Å². The van der Waals surface area contributed by atoms with Crippen molar-refractivity contribution in [2.45, 2.75) is 63.6 Å². The van der Waals surface area contributed by atoms with Gasteiger partial charge in [0.1, 0.15) is 5.82 Å². The van der Waals surface area contributed by atoms with Crippen LogP contribution < -0.4 is 11.1 Å². The van der Waals surface area contributed by atoms with Crippen LogP contribution in [0.25, 0.3) is 11.1 Å². The van der Waals surface area contributed by atoms with E-state index in [4.69, 9.17) is 5.73 Å². The maximum atomic E-state index is 12.8. The third-order valence-electron chi connectivity index (χ3n) is 7.42. The molecular weight excluding hydrogens is 388 g/mol. The number of carbonyl (C=O) groups is 1. The summed E-state index contributed by atoms with van der Waals surface area (Å²) in [5, 5.41) is 12.7. The zero-order valence-electron chi connectivity index (χ0n) is 18.0. The van der Waals surface area contributed by atoms with Crippen LogP contribution in [0.3, 0.4) is 0 Å². The topological polar surface area (TPSA) is 91.5 Å². The van der Waals surface area contributed by atoms with Crippen molar-refractivity contribution in [1.82, 2.24) is 15.2 Å². The molecule has 1 amide bonds. The molecule has 2 aromatic rings. The van der Waals surface area contributed by atoms with Gasteiger partial charge >= 0.3 is 0 Å². The third-order valence-corrected chi connectivity index (χ3v) is 7.42. The number of aliphatic hydroxyl groups excluding tert-OH is 1. The average molecular weight is 421 g/mol. The molecule has 1 saturated heterocycles. The fraction of sp³-hybridized carbons (Fsp3) is 0.520. The normalized spacial score (nSPS) is 24.9. The highest BCUT2D eigenvalue weighted by Crippen LogP contribution is 2.48. The van der Waals surface area contributed by atoms with Gasteiger partial charge in [0.05, 0.1) is 11.7 Å². The van der Waals surface area contributed by atoms with Crippen molar-refractivity contribution >= 4 is 11.7 Å². The zero-order chi connectivity index (χ0) is 21.4. The van der Waals surface area contributed by atoms with Gasteiger partial charge in [-0.3, -0.25) is 9.69 Å². The number of pyridine rings is 1. The molecule has 4 N–H and O–H groups in total. The number of rotatable bonds is 5. The molecular formula is C25H32N4O2. The first kappa shape index (κ1) is 20.5. The SMILES string of the molecule is Nc1ncc(-c2ccc(CN3CC4(CCC4)C3)cc2)cc1C(=O)N[C@H]1CC[C@H](O)CC1. The lowest BCUT2D eigenvalue weighted by Gasteiger charge is -2.56. The summed E-state index contributed by atoms with van der Waals surface area (Å²) in [5.41, 5.74) is 10.3. The van der Waals surface area contributed by atoms with Crippen molar-refractivity contribution in [2.24, 2.45) is 5.41 Å². The number of nitrogens with zero attached hydrogens (tertiary/aromatic N) is 2. The van der Waals surface area contributed by atoms with Gasteiger partial charge in [0.2, 0.25) is 0 Å². The summed E-state index contributed by atoms with van der Waals surface area (Å²) in [6.07, 6.45) is 8.74. The minimum atomic E-state index is -0.244. The van der Waals surface area contributed by atoms with Crippen molar-refractivity contribution in [2.75, 3.05) is 18.8 Å². The maximum Gasteiger partial charge on any atom is 0.255 e. The first-order chi connectivity index (χ1) is 15.0. The van der Waals surface area contributed by atoms with Crippen LogP contribution in [0.2, 0.25) is 0 Å². The van der Waals surface area contributed by atoms with Crippen molar-refractivity contribution in [3.8, 4) is 11.1 Å². The first-order valence-electron chi connectivity index (χ1n) is 11.6. The smallest absolute Gasteiger partial charge is 0.255 e. The Hall–Kier alpha value is -2.44. The third kappa shape index (κ3) is 4.32. The molecule has 0 atom stereocenters. The van der Waals surface area contributed by atoms with Gasteiger partial charge in [-0.2, -0.15) is 0 Å². The molecule has 6 heteroatoms. The van der Waals surface area contributed by atoms with Crippen LogP contribution in [0.5, 0.6) is 0 Å². The molecule has 1 spiro atoms. The predicted octanol–water partition coefficient (Wildman–Crippen LogP) is 3.35. The quantitative estimate of drug-likeness (QED) is 0.690. The number of amides is 1. The number of benzene rings is 1. The molecule has 2 heterocycles. The Balaban J connectivity index is 1.23. The lowest BCUT2D eigenvalue weighted by Crippen LogP contribution is -2.58. The van der Waals surface area contributed by atoms with Crippen molar-refractivity contribution in [3.05, 3.63) is 47.7 Å². The molecule has 6 nitrogen and oxygen atoms in total. The molecule has 1 aromatic carbocycles. The van der Waals surface area contributed by atoms with Crippen LogP contribution in [-0.2, 0) is 6.54 Å². The molecule has 164 valence electrons. The van der Waals surface area contributed by atoms with Gasteiger partial charge in [-0.05, 0) is 61.1 Å². The summed E-state index contributed by atoms with van der Waals surface area (Å²) in [6.45, 7) is 3.50. The maximum absolute atomic E-state index is 12.8. The fourth-order valence-electron chi connectivity index (χ4n) is 5.37. The standard InChI is InChI=1S/C25H32N4O2/c26-23-22(24(31)28-20-6-8-21(30)9-7-20)12-19(13-27-23)18-4-2-17(3-5-18)14-29-15-25(16-29)10-1-11-25/h2-5,12-13,20-21,30H,1,6-11,14-16H2,(H2,26,27)(H,28,31)/t20-,21-. The minimum Gasteiger partial charge on any atom is -0.393 e. The monoisotopic (exact) mass is 420 g/mol. The predicted molar refractivity (Wildman–Crippen MR) is 121 cm³/mol. The van der Waals surface area contributed by atoms with E-state index in [1.807, 2.05) is 6.07 Å². The fourth-order valence-corrected chi connectivity index (χ4v) is 5.37. The van der Waals surface area contributed by atoms with Crippen molar-refractivity contribution in [1.29, 1.82) is 0 Å². The summed E-state index contributed by atoms with van der Waals surface area (Å²) < 4.78 is 0. The van der Waals surface area contributed by atoms with Gasteiger partial charge in [-0.1, -0.05) is 30.7 Å². The van der Waals surface area contributed by atoms with E-state index in [9.17, 15) is 9.90 Å². The Morgan fingerprint density at radius 1 is 1.13 bits per heavy atom. The number of likely N-dealkylation sites (tertiary alicyclic amines) is 1. The molecule has 5 rings (SSSR count). The largest absolute Gasteiger partial charge is 0.393 e. The highest BCUT2D eigenvalue weighted by Gasteiger charge is 2.46. The molecule has 31 heavy (non-hydrogen) atoms. The van der Waals surface area contributed by atoms with Crippen molar-refractivity contribution in [3.63, 3.8) is 0 Å². The average Bonchev–Trinajstić information content (AvgIpc) is 2.71. The summed E-state index contributed by atoms with van der Waals surface area (Å²) >= 11 is 0. The number of anilines is 1. The van der Waals surface area contributed by atoms with E-state index < -0.39 is 0 Å². The van der Waals surface area contributed by atoms with Gasteiger partial charge in [0.15, 0.2) is 0 Å². The number of carbonyl (C=O) groups excluding carboxylic acids is 1. The number of nitrogens with one attached hydrogen (secondary N) is 1. The molecule has 1 aliphatic heterocycles. The molecule has 2 aliphatic carbocycles. The number of hydrogen-bond acceptors (Lipinski definition) is 5. The number of aromatic nitrogens is 1. The van der Waals surface area contributed by atoms with Crippen LogP contribution >= 0.6 is 0 Å². The molecule has 3 fully saturated rings. The highest BCUT2D eigenvalue weighted by molar-refractivity contribution is 5.99. The van der Waals surface area contributed by atoms with Gasteiger partial charge in [0.25, 0.3) is 5.91 Å². The Bertz CT molecular complexity index is 938. The molecule has 3 aliphatic rings. The Labute approximate surface area is 183 Å². The lowest BCUT2D eigenvalue weighted by atomic mass is 9.63. The molecule has 0 bridgehead atoms. The van der Waals surface area contributed by atoms with Crippen LogP contribution in [0.15, 0.2) is 36.5 Å². The van der Waals surface area contributed by atoms with E-state index in [1.54, 1.807) is 6.20 Å². The summed E-state index contributed by atoms with van der Waals surface area (Å²) in [5.74, 6) is 0.0592. The second-order valence-corrected chi connectivity index (χ2v) is 9.83. The zero-order valence-corrected chi connectivity index (χ0v) is 18.0. The van der Waals surface area contributed by atoms with Gasteiger partial charge in [-0.25, -0.2) is 4.98 Å². The number of aliphatic hydroxyl groups is 1. The highest BCUT2D eigenvalue weighted by atomic mass is 16.3. The summed E-state index contributed by atoms with van der Waals surface area (Å²) in [6, 6.07) is 10.5. The number of hydrogen-bond donors (Lipinski definition) is 3. The van der Waals surface area contributed by atoms with Crippen molar-refractivity contribution < 1.29 is 9.90 Å². The van der Waals surface area contributed by atoms with Gasteiger partial charge in [0, 0.05) is 37.4 Å². The van der Waals surface area contributed by atoms with E-state index in [-0.39, 0.29) is 23.9 Å². The van der Waals surface area contributed by atoms with E-state index in [0.717, 1.165) is 43.4 Å². The molecule has 2 saturated carbocycles. The number of nitrogen functional groups attached to an aromatic ring is 1.